The lowest BCUT2D eigenvalue weighted by Crippen LogP contribution is -1.99. The predicted octanol–water partition coefficient (Wildman–Crippen LogP) is 4.74. The van der Waals surface area contributed by atoms with Gasteiger partial charge in [0.2, 0.25) is 0 Å². The first-order valence-electron chi connectivity index (χ1n) is 5.56. The molecular weight excluding hydrogens is 340 g/mol. The van der Waals surface area contributed by atoms with Crippen LogP contribution >= 0.6 is 15.9 Å². The zero-order valence-electron chi connectivity index (χ0n) is 10.3. The van der Waals surface area contributed by atoms with Gasteiger partial charge in [-0.1, -0.05) is 22.0 Å². The molecule has 6 heteroatoms. The molecule has 0 saturated heterocycles. The summed E-state index contributed by atoms with van der Waals surface area (Å²) in [5.41, 5.74) is 0.569. The molecule has 0 saturated carbocycles. The number of rotatable bonds is 3. The molecule has 2 rings (SSSR count). The Hall–Kier alpha value is -1.56. The van der Waals surface area contributed by atoms with E-state index in [1.807, 2.05) is 0 Å². The number of methoxy groups -OCH3 is 1. The highest BCUT2D eigenvalue weighted by Crippen LogP contribution is 2.34. The Morgan fingerprint density at radius 3 is 1.95 bits per heavy atom. The third-order valence-electron chi connectivity index (χ3n) is 2.77. The molecule has 0 radical (unpaired) electrons. The van der Waals surface area contributed by atoms with Gasteiger partial charge in [-0.2, -0.15) is 0 Å². The maximum absolute atomic E-state index is 13.6. The zero-order chi connectivity index (χ0) is 14.9. The Balaban J connectivity index is 2.41. The summed E-state index contributed by atoms with van der Waals surface area (Å²) in [7, 11) is 1.33. The van der Waals surface area contributed by atoms with Gasteiger partial charge in [-0.3, -0.25) is 0 Å². The van der Waals surface area contributed by atoms with Gasteiger partial charge in [-0.25, -0.2) is 17.6 Å². The third-order valence-corrected chi connectivity index (χ3v) is 3.82. The predicted molar refractivity (Wildman–Crippen MR) is 70.0 cm³/mol. The van der Waals surface area contributed by atoms with Crippen molar-refractivity contribution in [3.63, 3.8) is 0 Å². The lowest BCUT2D eigenvalue weighted by atomic mass is 10.0. The van der Waals surface area contributed by atoms with Crippen LogP contribution in [0, 0.1) is 23.3 Å². The van der Waals surface area contributed by atoms with Crippen LogP contribution in [0.25, 0.3) is 0 Å². The summed E-state index contributed by atoms with van der Waals surface area (Å²) in [6.07, 6.45) is 0. The highest BCUT2D eigenvalue weighted by molar-refractivity contribution is 9.09. The maximum Gasteiger partial charge on any atom is 0.194 e. The summed E-state index contributed by atoms with van der Waals surface area (Å²) < 4.78 is 57.6. The second-order valence-electron chi connectivity index (χ2n) is 4.06. The fourth-order valence-corrected chi connectivity index (χ4v) is 2.30. The summed E-state index contributed by atoms with van der Waals surface area (Å²) in [5.74, 6) is -4.66. The normalized spacial score (nSPS) is 12.3. The van der Waals surface area contributed by atoms with Gasteiger partial charge in [0, 0.05) is 0 Å². The molecule has 106 valence electrons. The summed E-state index contributed by atoms with van der Waals surface area (Å²) in [4.78, 5) is -0.674. The number of benzene rings is 2. The summed E-state index contributed by atoms with van der Waals surface area (Å²) in [5, 5.41) is 0. The Morgan fingerprint density at radius 2 is 1.45 bits per heavy atom. The molecule has 2 aromatic carbocycles. The van der Waals surface area contributed by atoms with Gasteiger partial charge in [0.1, 0.15) is 0 Å². The number of halogens is 5. The maximum atomic E-state index is 13.6. The Bertz CT molecular complexity index is 622. The molecule has 0 aliphatic rings. The molecule has 0 N–H and O–H groups in total. The molecule has 0 spiro atoms. The van der Waals surface area contributed by atoms with E-state index >= 15 is 0 Å². The van der Waals surface area contributed by atoms with Crippen molar-refractivity contribution in [1.82, 2.24) is 0 Å². The molecule has 0 aromatic heterocycles. The fourth-order valence-electron chi connectivity index (χ4n) is 1.75. The second kappa shape index (κ2) is 5.83. The van der Waals surface area contributed by atoms with Gasteiger partial charge < -0.3 is 4.74 Å². The first kappa shape index (κ1) is 14.8. The number of hydrogen-bond acceptors (Lipinski definition) is 1. The molecule has 1 nitrogen and oxygen atoms in total. The molecule has 0 bridgehead atoms. The molecule has 0 aliphatic heterocycles. The molecule has 0 fully saturated rings. The van der Waals surface area contributed by atoms with Gasteiger partial charge >= 0.3 is 0 Å². The average Bonchev–Trinajstić information content (AvgIpc) is 2.43. The fraction of sp³-hybridized carbons (Fsp3) is 0.143. The van der Waals surface area contributed by atoms with Gasteiger partial charge in [0.05, 0.1) is 11.9 Å². The van der Waals surface area contributed by atoms with E-state index in [1.165, 1.54) is 19.2 Å². The molecule has 2 aromatic rings. The average molecular weight is 349 g/mol. The number of alkyl halides is 1. The minimum Gasteiger partial charge on any atom is -0.494 e. The van der Waals surface area contributed by atoms with Crippen LogP contribution < -0.4 is 4.74 Å². The Labute approximate surface area is 121 Å². The van der Waals surface area contributed by atoms with Crippen molar-refractivity contribution in [1.29, 1.82) is 0 Å². The first-order chi connectivity index (χ1) is 9.43. The quantitative estimate of drug-likeness (QED) is 0.442. The van der Waals surface area contributed by atoms with E-state index in [4.69, 9.17) is 4.74 Å². The van der Waals surface area contributed by atoms with Crippen LogP contribution in [0.4, 0.5) is 17.6 Å². The van der Waals surface area contributed by atoms with Crippen molar-refractivity contribution in [3.8, 4) is 5.75 Å². The zero-order valence-corrected chi connectivity index (χ0v) is 11.8. The molecule has 20 heavy (non-hydrogen) atoms. The summed E-state index contributed by atoms with van der Waals surface area (Å²) in [6.45, 7) is 0. The van der Waals surface area contributed by atoms with Crippen LogP contribution in [0.5, 0.6) is 5.75 Å². The minimum absolute atomic E-state index is 0.0601. The highest BCUT2D eigenvalue weighted by atomic mass is 79.9. The van der Waals surface area contributed by atoms with Crippen LogP contribution in [0.1, 0.15) is 16.0 Å². The smallest absolute Gasteiger partial charge is 0.194 e. The minimum atomic E-state index is -1.53. The third kappa shape index (κ3) is 2.80. The number of hydrogen-bond donors (Lipinski definition) is 0. The first-order valence-corrected chi connectivity index (χ1v) is 6.47. The van der Waals surface area contributed by atoms with Gasteiger partial charge in [-0.15, -0.1) is 0 Å². The standard InChI is InChI=1S/C14H9BrF4O/c1-20-12-3-2-7(4-9(12)16)13(15)8-5-10(17)14(19)11(18)6-8/h2-6,13H,1H3. The molecule has 0 aliphatic carbocycles. The topological polar surface area (TPSA) is 9.23 Å². The lowest BCUT2D eigenvalue weighted by molar-refractivity contribution is 0.386. The summed E-state index contributed by atoms with van der Waals surface area (Å²) in [6, 6.07) is 5.84. The largest absolute Gasteiger partial charge is 0.494 e. The van der Waals surface area contributed by atoms with Crippen LogP contribution in [-0.2, 0) is 0 Å². The SMILES string of the molecule is COc1ccc(C(Br)c2cc(F)c(F)c(F)c2)cc1F. The molecule has 0 heterocycles. The Morgan fingerprint density at radius 1 is 0.900 bits per heavy atom. The van der Waals surface area contributed by atoms with Crippen molar-refractivity contribution < 1.29 is 22.3 Å². The molecular formula is C14H9BrF4O. The second-order valence-corrected chi connectivity index (χ2v) is 4.97. The lowest BCUT2D eigenvalue weighted by Gasteiger charge is -2.13. The van der Waals surface area contributed by atoms with Crippen LogP contribution in [-0.4, -0.2) is 7.11 Å². The molecule has 1 atom stereocenters. The molecule has 0 amide bonds. The van der Waals surface area contributed by atoms with E-state index in [9.17, 15) is 17.6 Å². The van der Waals surface area contributed by atoms with E-state index in [1.54, 1.807) is 6.07 Å². The summed E-state index contributed by atoms with van der Waals surface area (Å²) >= 11 is 3.20. The monoisotopic (exact) mass is 348 g/mol. The highest BCUT2D eigenvalue weighted by Gasteiger charge is 2.18. The van der Waals surface area contributed by atoms with Crippen LogP contribution in [0.3, 0.4) is 0 Å². The van der Waals surface area contributed by atoms with Crippen molar-refractivity contribution in [2.24, 2.45) is 0 Å². The van der Waals surface area contributed by atoms with Crippen molar-refractivity contribution in [2.75, 3.05) is 7.11 Å². The molecule has 1 unspecified atom stereocenters. The van der Waals surface area contributed by atoms with Gasteiger partial charge in [0.15, 0.2) is 29.0 Å². The van der Waals surface area contributed by atoms with E-state index < -0.39 is 28.1 Å². The van der Waals surface area contributed by atoms with Crippen LogP contribution in [0.15, 0.2) is 30.3 Å². The van der Waals surface area contributed by atoms with E-state index in [-0.39, 0.29) is 11.3 Å². The van der Waals surface area contributed by atoms with Crippen molar-refractivity contribution >= 4 is 15.9 Å². The van der Waals surface area contributed by atoms with Crippen molar-refractivity contribution in [3.05, 3.63) is 64.7 Å². The Kier molecular flexibility index (Phi) is 4.32. The van der Waals surface area contributed by atoms with E-state index in [0.29, 0.717) is 5.56 Å². The van der Waals surface area contributed by atoms with Crippen LogP contribution in [0.2, 0.25) is 0 Å². The van der Waals surface area contributed by atoms with E-state index in [2.05, 4.69) is 15.9 Å². The van der Waals surface area contributed by atoms with Gasteiger partial charge in [-0.05, 0) is 35.4 Å². The van der Waals surface area contributed by atoms with Gasteiger partial charge in [0.25, 0.3) is 0 Å². The number of ether oxygens (including phenoxy) is 1. The van der Waals surface area contributed by atoms with Crippen molar-refractivity contribution in [2.45, 2.75) is 4.83 Å². The van der Waals surface area contributed by atoms with E-state index in [0.717, 1.165) is 12.1 Å².